The lowest BCUT2D eigenvalue weighted by Crippen LogP contribution is -2.24. The van der Waals surface area contributed by atoms with Gasteiger partial charge in [0.05, 0.1) is 12.0 Å². The van der Waals surface area contributed by atoms with Gasteiger partial charge in [-0.2, -0.15) is 4.39 Å². The number of halogens is 3. The van der Waals surface area contributed by atoms with E-state index < -0.39 is 23.0 Å². The van der Waals surface area contributed by atoms with Crippen LogP contribution in [-0.2, 0) is 4.79 Å². The quantitative estimate of drug-likeness (QED) is 0.631. The van der Waals surface area contributed by atoms with E-state index in [1.807, 2.05) is 0 Å². The highest BCUT2D eigenvalue weighted by atomic mass is 79.9. The average molecular weight is 337 g/mol. The molecule has 0 radical (unpaired) electrons. The minimum atomic E-state index is -1.04. The molecule has 0 aliphatic rings. The van der Waals surface area contributed by atoms with Crippen molar-refractivity contribution in [3.63, 3.8) is 0 Å². The largest absolute Gasteiger partial charge is 0.490 e. The molecule has 1 aromatic rings. The summed E-state index contributed by atoms with van der Waals surface area (Å²) in [5.74, 6) is -3.11. The maximum Gasteiger partial charge on any atom is 0.309 e. The van der Waals surface area contributed by atoms with E-state index in [4.69, 9.17) is 9.84 Å². The Balaban J connectivity index is 2.53. The van der Waals surface area contributed by atoms with E-state index in [1.54, 1.807) is 13.8 Å². The summed E-state index contributed by atoms with van der Waals surface area (Å²) in [6, 6.07) is 2.34. The normalized spacial score (nSPS) is 11.4. The maximum absolute atomic E-state index is 13.4. The Bertz CT molecular complexity index is 475. The summed E-state index contributed by atoms with van der Waals surface area (Å²) < 4.78 is 32.0. The highest BCUT2D eigenvalue weighted by Gasteiger charge is 2.26. The number of benzene rings is 1. The monoisotopic (exact) mass is 336 g/mol. The standard InChI is InChI=1S/C13H15BrF2O3/c1-13(2,12(17)18)4-3-5-19-10-7-8(14)6-9(15)11(10)16/h6-7H,3-5H2,1-2H3,(H,17,18). The van der Waals surface area contributed by atoms with Crippen LogP contribution in [0, 0.1) is 17.0 Å². The van der Waals surface area contributed by atoms with Gasteiger partial charge in [-0.15, -0.1) is 0 Å². The van der Waals surface area contributed by atoms with Crippen LogP contribution in [-0.4, -0.2) is 17.7 Å². The van der Waals surface area contributed by atoms with Crippen LogP contribution in [0.15, 0.2) is 16.6 Å². The summed E-state index contributed by atoms with van der Waals surface area (Å²) in [5.41, 5.74) is -0.857. The number of hydrogen-bond donors (Lipinski definition) is 1. The van der Waals surface area contributed by atoms with Crippen LogP contribution < -0.4 is 4.74 Å². The number of rotatable bonds is 6. The molecule has 0 spiro atoms. The number of aliphatic carboxylic acids is 1. The summed E-state index contributed by atoms with van der Waals surface area (Å²) in [5, 5.41) is 8.92. The van der Waals surface area contributed by atoms with Crippen LogP contribution in [0.3, 0.4) is 0 Å². The second kappa shape index (κ2) is 6.32. The van der Waals surface area contributed by atoms with E-state index in [2.05, 4.69) is 15.9 Å². The number of ether oxygens (including phenoxy) is 1. The lowest BCUT2D eigenvalue weighted by molar-refractivity contribution is -0.147. The lowest BCUT2D eigenvalue weighted by Gasteiger charge is -2.18. The molecule has 0 saturated heterocycles. The predicted octanol–water partition coefficient (Wildman–Crippen LogP) is 4.00. The van der Waals surface area contributed by atoms with E-state index >= 15 is 0 Å². The Hall–Kier alpha value is -1.17. The van der Waals surface area contributed by atoms with Crippen molar-refractivity contribution in [3.05, 3.63) is 28.2 Å². The molecule has 0 aliphatic carbocycles. The third-order valence-electron chi connectivity index (χ3n) is 2.74. The molecule has 0 saturated carbocycles. The molecule has 0 amide bonds. The fourth-order valence-electron chi connectivity index (χ4n) is 1.44. The number of carbonyl (C=O) groups is 1. The third kappa shape index (κ3) is 4.45. The molecule has 0 aromatic heterocycles. The van der Waals surface area contributed by atoms with E-state index in [-0.39, 0.29) is 12.4 Å². The summed E-state index contributed by atoms with van der Waals surface area (Å²) in [6.45, 7) is 3.34. The van der Waals surface area contributed by atoms with E-state index in [9.17, 15) is 13.6 Å². The van der Waals surface area contributed by atoms with Crippen molar-refractivity contribution in [2.75, 3.05) is 6.61 Å². The van der Waals surface area contributed by atoms with Gasteiger partial charge in [-0.25, -0.2) is 4.39 Å². The van der Waals surface area contributed by atoms with Crippen molar-refractivity contribution in [3.8, 4) is 5.75 Å². The predicted molar refractivity (Wildman–Crippen MR) is 70.2 cm³/mol. The molecule has 106 valence electrons. The molecular formula is C13H15BrF2O3. The number of carboxylic acid groups (broad SMARTS) is 1. The topological polar surface area (TPSA) is 46.5 Å². The van der Waals surface area contributed by atoms with Crippen molar-refractivity contribution >= 4 is 21.9 Å². The number of hydrogen-bond acceptors (Lipinski definition) is 2. The molecule has 3 nitrogen and oxygen atoms in total. The Morgan fingerprint density at radius 3 is 2.63 bits per heavy atom. The molecule has 1 rings (SSSR count). The molecular weight excluding hydrogens is 322 g/mol. The van der Waals surface area contributed by atoms with Crippen molar-refractivity contribution in [2.45, 2.75) is 26.7 Å². The Kier molecular flexibility index (Phi) is 5.29. The van der Waals surface area contributed by atoms with Gasteiger partial charge in [-0.1, -0.05) is 15.9 Å². The first kappa shape index (κ1) is 15.9. The zero-order valence-electron chi connectivity index (χ0n) is 10.7. The van der Waals surface area contributed by atoms with E-state index in [0.29, 0.717) is 17.3 Å². The second-order valence-corrected chi connectivity index (χ2v) is 5.76. The van der Waals surface area contributed by atoms with Crippen molar-refractivity contribution in [1.29, 1.82) is 0 Å². The Morgan fingerprint density at radius 1 is 1.42 bits per heavy atom. The van der Waals surface area contributed by atoms with Crippen molar-refractivity contribution in [1.82, 2.24) is 0 Å². The summed E-state index contributed by atoms with van der Waals surface area (Å²) in [4.78, 5) is 10.9. The van der Waals surface area contributed by atoms with Gasteiger partial charge in [0.25, 0.3) is 0 Å². The van der Waals surface area contributed by atoms with Gasteiger partial charge in [-0.3, -0.25) is 4.79 Å². The highest BCUT2D eigenvalue weighted by Crippen LogP contribution is 2.26. The van der Waals surface area contributed by atoms with Crippen LogP contribution in [0.25, 0.3) is 0 Å². The zero-order chi connectivity index (χ0) is 14.6. The molecule has 1 aromatic carbocycles. The fraction of sp³-hybridized carbons (Fsp3) is 0.462. The van der Waals surface area contributed by atoms with Crippen LogP contribution in [0.5, 0.6) is 5.75 Å². The second-order valence-electron chi connectivity index (χ2n) is 4.84. The van der Waals surface area contributed by atoms with Gasteiger partial charge in [-0.05, 0) is 38.8 Å². The van der Waals surface area contributed by atoms with Crippen molar-refractivity contribution in [2.24, 2.45) is 5.41 Å². The summed E-state index contributed by atoms with van der Waals surface area (Å²) in [6.07, 6.45) is 0.827. The lowest BCUT2D eigenvalue weighted by atomic mass is 9.88. The molecule has 0 bridgehead atoms. The summed E-state index contributed by atoms with van der Waals surface area (Å²) >= 11 is 3.04. The SMILES string of the molecule is CC(C)(CCCOc1cc(Br)cc(F)c1F)C(=O)O. The fourth-order valence-corrected chi connectivity index (χ4v) is 1.85. The van der Waals surface area contributed by atoms with Crippen LogP contribution in [0.4, 0.5) is 8.78 Å². The van der Waals surface area contributed by atoms with E-state index in [0.717, 1.165) is 6.07 Å². The molecule has 19 heavy (non-hydrogen) atoms. The zero-order valence-corrected chi connectivity index (χ0v) is 12.3. The van der Waals surface area contributed by atoms with Crippen LogP contribution in [0.2, 0.25) is 0 Å². The first-order valence-electron chi connectivity index (χ1n) is 5.75. The smallest absolute Gasteiger partial charge is 0.309 e. The molecule has 0 atom stereocenters. The van der Waals surface area contributed by atoms with Crippen LogP contribution in [0.1, 0.15) is 26.7 Å². The Morgan fingerprint density at radius 2 is 2.05 bits per heavy atom. The summed E-state index contributed by atoms with van der Waals surface area (Å²) in [7, 11) is 0. The molecule has 0 heterocycles. The van der Waals surface area contributed by atoms with Gasteiger partial charge in [0, 0.05) is 4.47 Å². The minimum Gasteiger partial charge on any atom is -0.490 e. The first-order chi connectivity index (χ1) is 8.74. The molecule has 0 unspecified atom stereocenters. The first-order valence-corrected chi connectivity index (χ1v) is 6.54. The van der Waals surface area contributed by atoms with Crippen molar-refractivity contribution < 1.29 is 23.4 Å². The average Bonchev–Trinajstić information content (AvgIpc) is 2.30. The molecule has 0 fully saturated rings. The van der Waals surface area contributed by atoms with Gasteiger partial charge in [0.15, 0.2) is 11.6 Å². The van der Waals surface area contributed by atoms with E-state index in [1.165, 1.54) is 6.07 Å². The van der Waals surface area contributed by atoms with Gasteiger partial charge in [0.1, 0.15) is 0 Å². The van der Waals surface area contributed by atoms with Gasteiger partial charge < -0.3 is 9.84 Å². The maximum atomic E-state index is 13.4. The third-order valence-corrected chi connectivity index (χ3v) is 3.20. The van der Waals surface area contributed by atoms with Gasteiger partial charge >= 0.3 is 5.97 Å². The van der Waals surface area contributed by atoms with Crippen LogP contribution >= 0.6 is 15.9 Å². The molecule has 1 N–H and O–H groups in total. The van der Waals surface area contributed by atoms with Gasteiger partial charge in [0.2, 0.25) is 5.82 Å². The molecule has 6 heteroatoms. The minimum absolute atomic E-state index is 0.128. The Labute approximate surface area is 118 Å². The number of carboxylic acids is 1. The molecule has 0 aliphatic heterocycles. The highest BCUT2D eigenvalue weighted by molar-refractivity contribution is 9.10.